The molecule has 1 unspecified atom stereocenters. The number of hydrogen-bond acceptors (Lipinski definition) is 6. The number of aliphatic hydroxyl groups excluding tert-OH is 2. The molecule has 1 saturated carbocycles. The van der Waals surface area contributed by atoms with Gasteiger partial charge in [-0.2, -0.15) is 0 Å². The summed E-state index contributed by atoms with van der Waals surface area (Å²) in [6.07, 6.45) is 0.339. The standard InChI is InChI=1S/C21H20F2I2N2O5/c22-13-6-16(31)18(19(17(13)23)26-15-2-1-10(24)5-14(15)25)27-20(32)12(9-29)21(3-4-21)7-11(30)8-28/h1-2,5-6,9,11-12,26,28,30-31H,3-4,7-8H2,(H,27,32)/t11-,12?/m1/s1. The molecule has 7 nitrogen and oxygen atoms in total. The van der Waals surface area contributed by atoms with Gasteiger partial charge in [-0.25, -0.2) is 8.78 Å². The Morgan fingerprint density at radius 2 is 1.91 bits per heavy atom. The summed E-state index contributed by atoms with van der Waals surface area (Å²) >= 11 is 4.10. The summed E-state index contributed by atoms with van der Waals surface area (Å²) in [6, 6.07) is 5.71. The van der Waals surface area contributed by atoms with Gasteiger partial charge in [-0.05, 0) is 88.1 Å². The number of aliphatic hydroxyl groups is 2. The van der Waals surface area contributed by atoms with E-state index < -0.39 is 58.7 Å². The highest BCUT2D eigenvalue weighted by Gasteiger charge is 2.53. The molecule has 1 amide bonds. The number of phenols is 1. The van der Waals surface area contributed by atoms with Gasteiger partial charge in [0, 0.05) is 13.2 Å². The summed E-state index contributed by atoms with van der Waals surface area (Å²) in [5, 5.41) is 34.2. The van der Waals surface area contributed by atoms with Gasteiger partial charge in [-0.1, -0.05) is 0 Å². The Labute approximate surface area is 209 Å². The second-order valence-electron chi connectivity index (χ2n) is 7.70. The first-order chi connectivity index (χ1) is 15.1. The molecule has 0 heterocycles. The lowest BCUT2D eigenvalue weighted by atomic mass is 9.84. The normalized spacial score (nSPS) is 16.2. The van der Waals surface area contributed by atoms with Crippen LogP contribution < -0.4 is 10.6 Å². The summed E-state index contributed by atoms with van der Waals surface area (Å²) in [4.78, 5) is 24.7. The molecule has 0 saturated heterocycles. The zero-order valence-electron chi connectivity index (χ0n) is 16.5. The van der Waals surface area contributed by atoms with E-state index in [4.69, 9.17) is 5.11 Å². The van der Waals surface area contributed by atoms with E-state index in [9.17, 15) is 28.6 Å². The number of aldehydes is 1. The fraction of sp³-hybridized carbons (Fsp3) is 0.333. The first-order valence-electron chi connectivity index (χ1n) is 9.60. The second-order valence-corrected chi connectivity index (χ2v) is 10.1. The minimum absolute atomic E-state index is 0.0377. The van der Waals surface area contributed by atoms with Crippen LogP contribution in [0.1, 0.15) is 19.3 Å². The van der Waals surface area contributed by atoms with E-state index in [0.717, 1.165) is 3.57 Å². The quantitative estimate of drug-likeness (QED) is 0.120. The Morgan fingerprint density at radius 3 is 2.47 bits per heavy atom. The number of anilines is 3. The molecule has 0 bridgehead atoms. The molecule has 11 heteroatoms. The lowest BCUT2D eigenvalue weighted by molar-refractivity contribution is -0.128. The number of halogens is 4. The third-order valence-corrected chi connectivity index (χ3v) is 7.02. The molecule has 3 rings (SSSR count). The van der Waals surface area contributed by atoms with E-state index in [-0.39, 0.29) is 6.42 Å². The second kappa shape index (κ2) is 10.1. The number of rotatable bonds is 9. The molecule has 0 spiro atoms. The molecule has 0 radical (unpaired) electrons. The fourth-order valence-electron chi connectivity index (χ4n) is 3.60. The van der Waals surface area contributed by atoms with Gasteiger partial charge >= 0.3 is 0 Å². The summed E-state index contributed by atoms with van der Waals surface area (Å²) in [5.41, 5.74) is -1.31. The lowest BCUT2D eigenvalue weighted by Gasteiger charge is -2.24. The minimum atomic E-state index is -1.32. The Morgan fingerprint density at radius 1 is 1.22 bits per heavy atom. The van der Waals surface area contributed by atoms with Crippen molar-refractivity contribution in [2.24, 2.45) is 11.3 Å². The molecule has 1 fully saturated rings. The van der Waals surface area contributed by atoms with Gasteiger partial charge in [0.15, 0.2) is 11.6 Å². The van der Waals surface area contributed by atoms with Crippen LogP contribution in [0.25, 0.3) is 0 Å². The maximum absolute atomic E-state index is 14.7. The number of nitrogens with one attached hydrogen (secondary N) is 2. The Kier molecular flexibility index (Phi) is 7.93. The molecule has 2 aromatic carbocycles. The molecule has 0 aromatic heterocycles. The van der Waals surface area contributed by atoms with E-state index in [1.165, 1.54) is 0 Å². The maximum Gasteiger partial charge on any atom is 0.235 e. The average Bonchev–Trinajstić information content (AvgIpc) is 3.50. The molecule has 0 aliphatic heterocycles. The predicted molar refractivity (Wildman–Crippen MR) is 131 cm³/mol. The lowest BCUT2D eigenvalue weighted by Crippen LogP contribution is -2.35. The number of carbonyl (C=O) groups is 2. The average molecular weight is 672 g/mol. The molecule has 1 aliphatic rings. The molecule has 2 aromatic rings. The Balaban J connectivity index is 1.94. The van der Waals surface area contributed by atoms with Crippen molar-refractivity contribution in [3.8, 4) is 5.75 Å². The van der Waals surface area contributed by atoms with Crippen LogP contribution in [0.15, 0.2) is 24.3 Å². The summed E-state index contributed by atoms with van der Waals surface area (Å²) in [6.45, 7) is -0.512. The van der Waals surface area contributed by atoms with E-state index >= 15 is 0 Å². The first kappa shape index (κ1) is 25.1. The van der Waals surface area contributed by atoms with Crippen LogP contribution in [-0.4, -0.2) is 40.2 Å². The molecule has 5 N–H and O–H groups in total. The summed E-state index contributed by atoms with van der Waals surface area (Å²) < 4.78 is 30.3. The predicted octanol–water partition coefficient (Wildman–Crippen LogP) is 3.90. The van der Waals surface area contributed by atoms with Crippen LogP contribution in [0.3, 0.4) is 0 Å². The van der Waals surface area contributed by atoms with Gasteiger partial charge < -0.3 is 30.7 Å². The van der Waals surface area contributed by atoms with Crippen molar-refractivity contribution in [3.63, 3.8) is 0 Å². The van der Waals surface area contributed by atoms with Crippen LogP contribution >= 0.6 is 45.2 Å². The van der Waals surface area contributed by atoms with Crippen LogP contribution in [0.4, 0.5) is 25.8 Å². The molecular formula is C21H20F2I2N2O5. The third kappa shape index (κ3) is 5.31. The fourth-order valence-corrected chi connectivity index (χ4v) is 5.34. The van der Waals surface area contributed by atoms with Crippen LogP contribution in [0, 0.1) is 30.1 Å². The van der Waals surface area contributed by atoms with Crippen LogP contribution in [-0.2, 0) is 9.59 Å². The third-order valence-electron chi connectivity index (χ3n) is 5.46. The molecule has 172 valence electrons. The van der Waals surface area contributed by atoms with Gasteiger partial charge in [-0.3, -0.25) is 4.79 Å². The Hall–Kier alpha value is -1.58. The van der Waals surface area contributed by atoms with Crippen molar-refractivity contribution in [2.75, 3.05) is 17.2 Å². The highest BCUT2D eigenvalue weighted by Crippen LogP contribution is 2.55. The largest absolute Gasteiger partial charge is 0.506 e. The number of aromatic hydroxyl groups is 1. The highest BCUT2D eigenvalue weighted by atomic mass is 127. The molecule has 32 heavy (non-hydrogen) atoms. The van der Waals surface area contributed by atoms with Crippen LogP contribution in [0.5, 0.6) is 5.75 Å². The van der Waals surface area contributed by atoms with Crippen molar-refractivity contribution in [2.45, 2.75) is 25.4 Å². The topological polar surface area (TPSA) is 119 Å². The SMILES string of the molecule is O=CC(C(=O)Nc1c(O)cc(F)c(F)c1Nc1ccc(I)cc1I)C1(C[C@@H](O)CO)CC1. The number of phenolic OH excluding ortho intramolecular Hbond substituents is 1. The van der Waals surface area contributed by atoms with Gasteiger partial charge in [0.05, 0.1) is 24.3 Å². The van der Waals surface area contributed by atoms with Crippen molar-refractivity contribution in [1.29, 1.82) is 0 Å². The summed E-state index contributed by atoms with van der Waals surface area (Å²) in [5.74, 6) is -5.39. The molecule has 2 atom stereocenters. The van der Waals surface area contributed by atoms with E-state index in [1.807, 2.05) is 22.6 Å². The van der Waals surface area contributed by atoms with Crippen molar-refractivity contribution < 1.29 is 33.7 Å². The van der Waals surface area contributed by atoms with E-state index in [0.29, 0.717) is 34.5 Å². The number of benzene rings is 2. The number of carbonyl (C=O) groups excluding carboxylic acids is 2. The Bertz CT molecular complexity index is 1050. The first-order valence-corrected chi connectivity index (χ1v) is 11.8. The number of amides is 1. The smallest absolute Gasteiger partial charge is 0.235 e. The van der Waals surface area contributed by atoms with Crippen LogP contribution in [0.2, 0.25) is 0 Å². The van der Waals surface area contributed by atoms with Crippen molar-refractivity contribution >= 4 is 74.4 Å². The number of hydrogen-bond donors (Lipinski definition) is 5. The van der Waals surface area contributed by atoms with E-state index in [2.05, 4.69) is 33.2 Å². The van der Waals surface area contributed by atoms with Gasteiger partial charge in [-0.15, -0.1) is 0 Å². The monoisotopic (exact) mass is 672 g/mol. The zero-order valence-corrected chi connectivity index (χ0v) is 20.9. The van der Waals surface area contributed by atoms with E-state index in [1.54, 1.807) is 18.2 Å². The van der Waals surface area contributed by atoms with Gasteiger partial charge in [0.1, 0.15) is 23.4 Å². The van der Waals surface area contributed by atoms with Gasteiger partial charge in [0.2, 0.25) is 5.91 Å². The highest BCUT2D eigenvalue weighted by molar-refractivity contribution is 14.1. The molecule has 1 aliphatic carbocycles. The minimum Gasteiger partial charge on any atom is -0.506 e. The summed E-state index contributed by atoms with van der Waals surface area (Å²) in [7, 11) is 0. The zero-order chi connectivity index (χ0) is 23.6. The molecular weight excluding hydrogens is 652 g/mol. The van der Waals surface area contributed by atoms with Gasteiger partial charge in [0.25, 0.3) is 0 Å². The van der Waals surface area contributed by atoms with Crippen molar-refractivity contribution in [1.82, 2.24) is 0 Å². The van der Waals surface area contributed by atoms with Crippen molar-refractivity contribution in [3.05, 3.63) is 43.0 Å². The maximum atomic E-state index is 14.7.